The molecule has 0 aliphatic heterocycles. The zero-order chi connectivity index (χ0) is 10.7. The lowest BCUT2D eigenvalue weighted by molar-refractivity contribution is 0.304. The number of nitrogens with zero attached hydrogens (tertiary/aromatic N) is 2. The summed E-state index contributed by atoms with van der Waals surface area (Å²) in [6, 6.07) is 7.19. The second-order valence-electron chi connectivity index (χ2n) is 2.78. The maximum absolute atomic E-state index is 5.81. The lowest BCUT2D eigenvalue weighted by Crippen LogP contribution is -1.94. The molecule has 0 bridgehead atoms. The molecule has 0 fully saturated rings. The molecule has 1 aromatic heterocycles. The van der Waals surface area contributed by atoms with Crippen LogP contribution in [0.3, 0.4) is 0 Å². The molecule has 6 heteroatoms. The molecule has 15 heavy (non-hydrogen) atoms. The molecule has 0 saturated heterocycles. The molecule has 2 aromatic rings. The molecule has 0 radical (unpaired) electrons. The van der Waals surface area contributed by atoms with Gasteiger partial charge in [-0.1, -0.05) is 29.0 Å². The van der Waals surface area contributed by atoms with Gasteiger partial charge in [-0.05, 0) is 18.2 Å². The van der Waals surface area contributed by atoms with Crippen molar-refractivity contribution in [2.45, 2.75) is 6.61 Å². The molecule has 0 amide bonds. The third kappa shape index (κ3) is 2.81. The largest absolute Gasteiger partial charge is 0.486 e. The van der Waals surface area contributed by atoms with Crippen molar-refractivity contribution in [3.05, 3.63) is 34.3 Å². The Labute approximate surface area is 95.7 Å². The van der Waals surface area contributed by atoms with Crippen molar-refractivity contribution < 1.29 is 4.74 Å². The molecule has 0 spiro atoms. The Hall–Kier alpha value is -1.33. The third-order valence-corrected chi connectivity index (χ3v) is 2.60. The number of benzene rings is 1. The number of hydrogen-bond donors (Lipinski definition) is 1. The fraction of sp³-hybridized carbons (Fsp3) is 0.111. The van der Waals surface area contributed by atoms with Crippen LogP contribution in [0.4, 0.5) is 5.13 Å². The molecule has 78 valence electrons. The SMILES string of the molecule is Nc1nnc(COc2cccc(Cl)c2)s1. The topological polar surface area (TPSA) is 61.0 Å². The van der Waals surface area contributed by atoms with E-state index < -0.39 is 0 Å². The molecule has 0 aliphatic rings. The lowest BCUT2D eigenvalue weighted by Gasteiger charge is -2.02. The van der Waals surface area contributed by atoms with Gasteiger partial charge in [0, 0.05) is 5.02 Å². The predicted octanol–water partition coefficient (Wildman–Crippen LogP) is 2.35. The van der Waals surface area contributed by atoms with Crippen molar-refractivity contribution in [1.82, 2.24) is 10.2 Å². The van der Waals surface area contributed by atoms with Crippen molar-refractivity contribution in [3.63, 3.8) is 0 Å². The Morgan fingerprint density at radius 2 is 2.27 bits per heavy atom. The van der Waals surface area contributed by atoms with Gasteiger partial charge in [0.1, 0.15) is 12.4 Å². The van der Waals surface area contributed by atoms with Crippen molar-refractivity contribution >= 4 is 28.1 Å². The number of aromatic nitrogens is 2. The molecule has 0 unspecified atom stereocenters. The van der Waals surface area contributed by atoms with E-state index in [1.165, 1.54) is 11.3 Å². The number of nitrogen functional groups attached to an aromatic ring is 1. The summed E-state index contributed by atoms with van der Waals surface area (Å²) >= 11 is 7.11. The summed E-state index contributed by atoms with van der Waals surface area (Å²) in [6.45, 7) is 0.356. The van der Waals surface area contributed by atoms with Crippen LogP contribution in [0.15, 0.2) is 24.3 Å². The zero-order valence-electron chi connectivity index (χ0n) is 7.68. The highest BCUT2D eigenvalue weighted by molar-refractivity contribution is 7.15. The first-order valence-corrected chi connectivity index (χ1v) is 5.40. The molecular formula is C9H8ClN3OS. The molecule has 4 nitrogen and oxygen atoms in total. The molecule has 2 N–H and O–H groups in total. The number of ether oxygens (including phenoxy) is 1. The van der Waals surface area contributed by atoms with Gasteiger partial charge < -0.3 is 10.5 Å². The van der Waals surface area contributed by atoms with Crippen LogP contribution in [-0.4, -0.2) is 10.2 Å². The van der Waals surface area contributed by atoms with Crippen molar-refractivity contribution in [1.29, 1.82) is 0 Å². The lowest BCUT2D eigenvalue weighted by atomic mass is 10.3. The van der Waals surface area contributed by atoms with Gasteiger partial charge in [0.05, 0.1) is 0 Å². The van der Waals surface area contributed by atoms with E-state index >= 15 is 0 Å². The Bertz CT molecular complexity index is 460. The summed E-state index contributed by atoms with van der Waals surface area (Å²) < 4.78 is 5.45. The van der Waals surface area contributed by atoms with E-state index in [-0.39, 0.29) is 0 Å². The highest BCUT2D eigenvalue weighted by atomic mass is 35.5. The number of anilines is 1. The van der Waals surface area contributed by atoms with Gasteiger partial charge in [0.2, 0.25) is 5.13 Å². The molecule has 0 atom stereocenters. The van der Waals surface area contributed by atoms with Gasteiger partial charge in [-0.3, -0.25) is 0 Å². The molecule has 0 saturated carbocycles. The molecule has 1 heterocycles. The fourth-order valence-corrected chi connectivity index (χ4v) is 1.73. The predicted molar refractivity (Wildman–Crippen MR) is 60.1 cm³/mol. The monoisotopic (exact) mass is 241 g/mol. The number of hydrogen-bond acceptors (Lipinski definition) is 5. The Kier molecular flexibility index (Phi) is 3.03. The summed E-state index contributed by atoms with van der Waals surface area (Å²) in [5.41, 5.74) is 5.44. The zero-order valence-corrected chi connectivity index (χ0v) is 9.26. The average Bonchev–Trinajstić information content (AvgIpc) is 2.62. The van der Waals surface area contributed by atoms with E-state index in [0.717, 1.165) is 5.01 Å². The highest BCUT2D eigenvalue weighted by Crippen LogP contribution is 2.19. The van der Waals surface area contributed by atoms with Crippen molar-refractivity contribution in [2.24, 2.45) is 0 Å². The second-order valence-corrected chi connectivity index (χ2v) is 4.31. The van der Waals surface area contributed by atoms with Crippen molar-refractivity contribution in [3.8, 4) is 5.75 Å². The average molecular weight is 242 g/mol. The van der Waals surface area contributed by atoms with Gasteiger partial charge in [-0.25, -0.2) is 0 Å². The molecular weight excluding hydrogens is 234 g/mol. The van der Waals surface area contributed by atoms with Gasteiger partial charge in [0.15, 0.2) is 5.01 Å². The molecule has 0 aliphatic carbocycles. The van der Waals surface area contributed by atoms with E-state index in [1.807, 2.05) is 12.1 Å². The third-order valence-electron chi connectivity index (χ3n) is 1.64. The van der Waals surface area contributed by atoms with Crippen LogP contribution in [0.25, 0.3) is 0 Å². The van der Waals surface area contributed by atoms with E-state index in [9.17, 15) is 0 Å². The minimum Gasteiger partial charge on any atom is -0.486 e. The summed E-state index contributed by atoms with van der Waals surface area (Å²) in [4.78, 5) is 0. The van der Waals surface area contributed by atoms with Crippen LogP contribution in [0.1, 0.15) is 5.01 Å². The minimum atomic E-state index is 0.356. The van der Waals surface area contributed by atoms with E-state index in [0.29, 0.717) is 22.5 Å². The minimum absolute atomic E-state index is 0.356. The number of halogens is 1. The van der Waals surface area contributed by atoms with Crippen LogP contribution in [-0.2, 0) is 6.61 Å². The molecule has 1 aromatic carbocycles. The maximum atomic E-state index is 5.81. The van der Waals surface area contributed by atoms with Gasteiger partial charge in [0.25, 0.3) is 0 Å². The molecule has 2 rings (SSSR count). The number of rotatable bonds is 3. The van der Waals surface area contributed by atoms with Gasteiger partial charge in [-0.15, -0.1) is 10.2 Å². The van der Waals surface area contributed by atoms with E-state index in [4.69, 9.17) is 22.1 Å². The van der Waals surface area contributed by atoms with Gasteiger partial charge >= 0.3 is 0 Å². The summed E-state index contributed by atoms with van der Waals surface area (Å²) in [6.07, 6.45) is 0. The summed E-state index contributed by atoms with van der Waals surface area (Å²) in [7, 11) is 0. The van der Waals surface area contributed by atoms with Crippen LogP contribution < -0.4 is 10.5 Å². The van der Waals surface area contributed by atoms with Crippen LogP contribution in [0.5, 0.6) is 5.75 Å². The first-order valence-electron chi connectivity index (χ1n) is 4.20. The quantitative estimate of drug-likeness (QED) is 0.896. The summed E-state index contributed by atoms with van der Waals surface area (Å²) in [5, 5.41) is 9.36. The smallest absolute Gasteiger partial charge is 0.203 e. The highest BCUT2D eigenvalue weighted by Gasteiger charge is 2.02. The number of nitrogens with two attached hydrogens (primary N) is 1. The normalized spacial score (nSPS) is 10.2. The summed E-state index contributed by atoms with van der Waals surface area (Å²) in [5.74, 6) is 0.705. The Morgan fingerprint density at radius 1 is 1.40 bits per heavy atom. The van der Waals surface area contributed by atoms with E-state index in [1.54, 1.807) is 12.1 Å². The fourth-order valence-electron chi connectivity index (χ4n) is 1.03. The second kappa shape index (κ2) is 4.46. The Balaban J connectivity index is 1.99. The maximum Gasteiger partial charge on any atom is 0.203 e. The van der Waals surface area contributed by atoms with Gasteiger partial charge in [-0.2, -0.15) is 0 Å². The Morgan fingerprint density at radius 3 is 2.93 bits per heavy atom. The first kappa shape index (κ1) is 10.2. The van der Waals surface area contributed by atoms with Crippen LogP contribution in [0.2, 0.25) is 5.02 Å². The standard InChI is InChI=1S/C9H8ClN3OS/c10-6-2-1-3-7(4-6)14-5-8-12-13-9(11)15-8/h1-4H,5H2,(H2,11,13). The van der Waals surface area contributed by atoms with Crippen LogP contribution in [0, 0.1) is 0 Å². The van der Waals surface area contributed by atoms with Crippen LogP contribution >= 0.6 is 22.9 Å². The first-order chi connectivity index (χ1) is 7.24. The van der Waals surface area contributed by atoms with Crippen molar-refractivity contribution in [2.75, 3.05) is 5.73 Å². The van der Waals surface area contributed by atoms with E-state index in [2.05, 4.69) is 10.2 Å².